The standard InChI is InChI=1S/C37H21NS3/c1-4-10-32-27(7-1)29-20-22(13-15-34(29)39-32)24-17-25(19-26(18-24)37-38-31-9-3-6-12-36(31)41-37)23-14-16-35-30(21-23)28-8-2-5-11-33(28)40-35/h1-21H. The second-order valence-electron chi connectivity index (χ2n) is 10.4. The van der Waals surface area contributed by atoms with Crippen molar-refractivity contribution in [2.75, 3.05) is 0 Å². The molecule has 4 heteroatoms. The Morgan fingerprint density at radius 3 is 1.41 bits per heavy atom. The first-order valence-electron chi connectivity index (χ1n) is 13.6. The molecule has 0 aliphatic carbocycles. The van der Waals surface area contributed by atoms with E-state index in [4.69, 9.17) is 4.98 Å². The molecule has 0 saturated heterocycles. The predicted octanol–water partition coefficient (Wildman–Crippen LogP) is 12.0. The van der Waals surface area contributed by atoms with Gasteiger partial charge in [0.05, 0.1) is 10.2 Å². The van der Waals surface area contributed by atoms with Crippen molar-refractivity contribution in [1.82, 2.24) is 4.98 Å². The van der Waals surface area contributed by atoms with Crippen LogP contribution >= 0.6 is 34.0 Å². The van der Waals surface area contributed by atoms with Crippen molar-refractivity contribution in [3.63, 3.8) is 0 Å². The number of thiazole rings is 1. The van der Waals surface area contributed by atoms with Crippen molar-refractivity contribution in [3.05, 3.63) is 127 Å². The number of fused-ring (bicyclic) bond motifs is 7. The molecular weight excluding hydrogens is 555 g/mol. The number of benzene rings is 6. The van der Waals surface area contributed by atoms with Gasteiger partial charge in [0.1, 0.15) is 5.01 Å². The Morgan fingerprint density at radius 1 is 0.341 bits per heavy atom. The number of nitrogens with zero attached hydrogens (tertiary/aromatic N) is 1. The van der Waals surface area contributed by atoms with Crippen LogP contribution in [0.2, 0.25) is 0 Å². The van der Waals surface area contributed by atoms with E-state index in [1.165, 1.54) is 67.3 Å². The van der Waals surface area contributed by atoms with Crippen LogP contribution in [-0.2, 0) is 0 Å². The molecule has 0 bridgehead atoms. The van der Waals surface area contributed by atoms with Crippen LogP contribution in [-0.4, -0.2) is 4.98 Å². The van der Waals surface area contributed by atoms with Gasteiger partial charge in [-0.2, -0.15) is 0 Å². The summed E-state index contributed by atoms with van der Waals surface area (Å²) >= 11 is 5.49. The van der Waals surface area contributed by atoms with Crippen LogP contribution in [0.25, 0.3) is 83.4 Å². The number of aromatic nitrogens is 1. The van der Waals surface area contributed by atoms with E-state index in [-0.39, 0.29) is 0 Å². The molecule has 0 amide bonds. The SMILES string of the molecule is c1ccc2sc(-c3cc(-c4ccc5sc6ccccc6c5c4)cc(-c4ccc5sc6ccccc6c5c4)c3)nc2c1. The third kappa shape index (κ3) is 3.83. The number of para-hydroxylation sites is 1. The molecule has 3 heterocycles. The van der Waals surface area contributed by atoms with Gasteiger partial charge in [0.2, 0.25) is 0 Å². The maximum Gasteiger partial charge on any atom is 0.124 e. The average Bonchev–Trinajstić information content (AvgIpc) is 3.73. The molecule has 0 fully saturated rings. The molecule has 1 nitrogen and oxygen atoms in total. The first kappa shape index (κ1) is 23.4. The van der Waals surface area contributed by atoms with Crippen molar-refractivity contribution in [1.29, 1.82) is 0 Å². The summed E-state index contributed by atoms with van der Waals surface area (Å²) in [6, 6.07) is 46.7. The lowest BCUT2D eigenvalue weighted by Gasteiger charge is -2.11. The molecular formula is C37H21NS3. The van der Waals surface area contributed by atoms with E-state index in [1.54, 1.807) is 11.3 Å². The van der Waals surface area contributed by atoms with Crippen molar-refractivity contribution in [2.45, 2.75) is 0 Å². The van der Waals surface area contributed by atoms with Crippen LogP contribution in [0.5, 0.6) is 0 Å². The quantitative estimate of drug-likeness (QED) is 0.204. The maximum atomic E-state index is 5.04. The van der Waals surface area contributed by atoms with Gasteiger partial charge in [0, 0.05) is 45.9 Å². The second-order valence-corrected chi connectivity index (χ2v) is 13.6. The Balaban J connectivity index is 1.28. The van der Waals surface area contributed by atoms with Crippen molar-refractivity contribution in [2.24, 2.45) is 0 Å². The number of hydrogen-bond acceptors (Lipinski definition) is 4. The monoisotopic (exact) mass is 575 g/mol. The van der Waals surface area contributed by atoms with Crippen LogP contribution in [0.4, 0.5) is 0 Å². The highest BCUT2D eigenvalue weighted by atomic mass is 32.1. The molecule has 192 valence electrons. The predicted molar refractivity (Wildman–Crippen MR) is 182 cm³/mol. The van der Waals surface area contributed by atoms with Gasteiger partial charge < -0.3 is 0 Å². The minimum Gasteiger partial charge on any atom is -0.236 e. The number of rotatable bonds is 3. The number of hydrogen-bond donors (Lipinski definition) is 0. The summed E-state index contributed by atoms with van der Waals surface area (Å²) in [5.41, 5.74) is 7.09. The molecule has 0 aliphatic heterocycles. The van der Waals surface area contributed by atoms with Crippen molar-refractivity contribution in [3.8, 4) is 32.8 Å². The highest BCUT2D eigenvalue weighted by Crippen LogP contribution is 2.41. The molecule has 6 aromatic carbocycles. The third-order valence-corrected chi connectivity index (χ3v) is 11.3. The van der Waals surface area contributed by atoms with Gasteiger partial charge in [-0.25, -0.2) is 4.98 Å². The minimum atomic E-state index is 1.05. The smallest absolute Gasteiger partial charge is 0.124 e. The van der Waals surface area contributed by atoms with Gasteiger partial charge in [0.25, 0.3) is 0 Å². The Kier molecular flexibility index (Phi) is 5.18. The first-order valence-corrected chi connectivity index (χ1v) is 16.1. The Hall–Kier alpha value is -4.35. The molecule has 0 saturated carbocycles. The fourth-order valence-corrected chi connectivity index (χ4v) is 9.02. The molecule has 0 radical (unpaired) electrons. The van der Waals surface area contributed by atoms with Crippen LogP contribution < -0.4 is 0 Å². The first-order chi connectivity index (χ1) is 20.3. The van der Waals surface area contributed by atoms with E-state index in [0.717, 1.165) is 16.1 Å². The molecule has 0 N–H and O–H groups in total. The van der Waals surface area contributed by atoms with Crippen molar-refractivity contribution < 1.29 is 0 Å². The largest absolute Gasteiger partial charge is 0.236 e. The average molecular weight is 576 g/mol. The summed E-state index contributed by atoms with van der Waals surface area (Å²) in [5, 5.41) is 6.35. The van der Waals surface area contributed by atoms with Gasteiger partial charge in [0.15, 0.2) is 0 Å². The van der Waals surface area contributed by atoms with Crippen molar-refractivity contribution >= 4 is 84.6 Å². The Labute approximate surface area is 248 Å². The molecule has 0 atom stereocenters. The van der Waals surface area contributed by atoms with Crippen LogP contribution in [0, 0.1) is 0 Å². The van der Waals surface area contributed by atoms with Gasteiger partial charge in [-0.1, -0.05) is 60.7 Å². The third-order valence-electron chi connectivity index (χ3n) is 7.89. The fourth-order valence-electron chi connectivity index (χ4n) is 5.89. The molecule has 3 aromatic heterocycles. The number of thiophene rings is 2. The zero-order valence-electron chi connectivity index (χ0n) is 21.8. The van der Waals surface area contributed by atoms with E-state index >= 15 is 0 Å². The summed E-state index contributed by atoms with van der Waals surface area (Å²) < 4.78 is 6.53. The molecule has 0 unspecified atom stereocenters. The van der Waals surface area contributed by atoms with E-state index < -0.39 is 0 Å². The molecule has 9 rings (SSSR count). The lowest BCUT2D eigenvalue weighted by atomic mass is 9.94. The summed E-state index contributed by atoms with van der Waals surface area (Å²) in [6.45, 7) is 0. The molecule has 0 spiro atoms. The van der Waals surface area contributed by atoms with Gasteiger partial charge in [-0.15, -0.1) is 34.0 Å². The zero-order valence-corrected chi connectivity index (χ0v) is 24.2. The van der Waals surface area contributed by atoms with Crippen LogP contribution in [0.1, 0.15) is 0 Å². The summed E-state index contributed by atoms with van der Waals surface area (Å²) in [4.78, 5) is 5.04. The maximum absolute atomic E-state index is 5.04. The van der Waals surface area contributed by atoms with Gasteiger partial charge in [-0.3, -0.25) is 0 Å². The lowest BCUT2D eigenvalue weighted by Crippen LogP contribution is -1.86. The normalized spacial score (nSPS) is 11.9. The van der Waals surface area contributed by atoms with Gasteiger partial charge >= 0.3 is 0 Å². The van der Waals surface area contributed by atoms with Crippen LogP contribution in [0.15, 0.2) is 127 Å². The summed E-state index contributed by atoms with van der Waals surface area (Å²) in [5.74, 6) is 0. The summed E-state index contributed by atoms with van der Waals surface area (Å²) in [6.07, 6.45) is 0. The Morgan fingerprint density at radius 2 is 0.829 bits per heavy atom. The lowest BCUT2D eigenvalue weighted by molar-refractivity contribution is 1.47. The minimum absolute atomic E-state index is 1.05. The highest BCUT2D eigenvalue weighted by Gasteiger charge is 2.14. The molecule has 9 aromatic rings. The van der Waals surface area contributed by atoms with E-state index in [9.17, 15) is 0 Å². The highest BCUT2D eigenvalue weighted by molar-refractivity contribution is 7.26. The second kappa shape index (κ2) is 9.08. The molecule has 0 aliphatic rings. The van der Waals surface area contributed by atoms with E-state index in [1.807, 2.05) is 22.7 Å². The Bertz CT molecular complexity index is 2270. The van der Waals surface area contributed by atoms with Gasteiger partial charge in [-0.05, 0) is 89.0 Å². The fraction of sp³-hybridized carbons (Fsp3) is 0. The molecule has 41 heavy (non-hydrogen) atoms. The van der Waals surface area contributed by atoms with E-state index in [2.05, 4.69) is 127 Å². The van der Waals surface area contributed by atoms with E-state index in [0.29, 0.717) is 0 Å². The van der Waals surface area contributed by atoms with Crippen LogP contribution in [0.3, 0.4) is 0 Å². The zero-order chi connectivity index (χ0) is 26.9. The topological polar surface area (TPSA) is 12.9 Å². The summed E-state index contributed by atoms with van der Waals surface area (Å²) in [7, 11) is 0.